The van der Waals surface area contributed by atoms with Gasteiger partial charge in [-0.25, -0.2) is 0 Å². The lowest BCUT2D eigenvalue weighted by Crippen LogP contribution is -2.31. The van der Waals surface area contributed by atoms with Gasteiger partial charge in [-0.15, -0.1) is 6.58 Å². The van der Waals surface area contributed by atoms with Crippen molar-refractivity contribution in [3.05, 3.63) is 75.9 Å². The molecular weight excluding hydrogens is 416 g/mol. The van der Waals surface area contributed by atoms with Crippen molar-refractivity contribution in [3.63, 3.8) is 0 Å². The fourth-order valence-corrected chi connectivity index (χ4v) is 2.97. The molecule has 31 heavy (non-hydrogen) atoms. The third-order valence-electron chi connectivity index (χ3n) is 4.04. The molecule has 0 heterocycles. The molecular formula is C22H26N4O4S. The molecule has 2 rings (SSSR count). The fraction of sp³-hybridized carbons (Fsp3) is 0.273. The van der Waals surface area contributed by atoms with Gasteiger partial charge in [0.15, 0.2) is 16.6 Å². The van der Waals surface area contributed by atoms with Crippen LogP contribution in [0.2, 0.25) is 0 Å². The predicted octanol–water partition coefficient (Wildman–Crippen LogP) is 4.12. The number of thiocarbonyl (C=S) groups is 1. The lowest BCUT2D eigenvalue weighted by Gasteiger charge is -2.17. The smallest absolute Gasteiger partial charge is 0.269 e. The first-order valence-electron chi connectivity index (χ1n) is 9.82. The van der Waals surface area contributed by atoms with Gasteiger partial charge < -0.3 is 14.8 Å². The molecule has 2 aromatic carbocycles. The van der Waals surface area contributed by atoms with Crippen LogP contribution in [0.25, 0.3) is 0 Å². The standard InChI is InChI=1S/C22H26N4O4S/c1-4-8-18-11-17(14-24-25-22(31)23-5-2)13-20(29-6-3)21(18)30-15-16-9-7-10-19(12-16)26(27)28/h4,7,9-14H,1,5-6,8,15H2,2-3H3,(H2,23,25,31)/b24-14-. The Morgan fingerprint density at radius 3 is 2.77 bits per heavy atom. The number of nitro benzene ring substituents is 1. The number of hydrogen-bond donors (Lipinski definition) is 2. The Hall–Kier alpha value is -3.46. The van der Waals surface area contributed by atoms with Crippen LogP contribution in [0.15, 0.2) is 54.2 Å². The zero-order chi connectivity index (χ0) is 22.6. The second kappa shape index (κ2) is 12.3. The summed E-state index contributed by atoms with van der Waals surface area (Å²) in [6.07, 6.45) is 3.96. The maximum Gasteiger partial charge on any atom is 0.269 e. The zero-order valence-electron chi connectivity index (χ0n) is 17.6. The summed E-state index contributed by atoms with van der Waals surface area (Å²) < 4.78 is 11.8. The van der Waals surface area contributed by atoms with E-state index in [1.54, 1.807) is 24.4 Å². The van der Waals surface area contributed by atoms with Crippen LogP contribution in [0.3, 0.4) is 0 Å². The molecule has 0 aromatic heterocycles. The molecule has 0 saturated carbocycles. The molecule has 0 amide bonds. The molecule has 0 aliphatic rings. The molecule has 0 radical (unpaired) electrons. The van der Waals surface area contributed by atoms with Crippen molar-refractivity contribution in [2.45, 2.75) is 26.9 Å². The van der Waals surface area contributed by atoms with Crippen LogP contribution >= 0.6 is 12.2 Å². The molecule has 0 atom stereocenters. The summed E-state index contributed by atoms with van der Waals surface area (Å²) in [4.78, 5) is 10.6. The quantitative estimate of drug-likeness (QED) is 0.178. The monoisotopic (exact) mass is 442 g/mol. The van der Waals surface area contributed by atoms with Gasteiger partial charge in [-0.2, -0.15) is 5.10 Å². The van der Waals surface area contributed by atoms with Crippen LogP contribution in [0.4, 0.5) is 5.69 Å². The van der Waals surface area contributed by atoms with Gasteiger partial charge in [-0.1, -0.05) is 18.2 Å². The van der Waals surface area contributed by atoms with Crippen LogP contribution in [0.5, 0.6) is 11.5 Å². The Balaban J connectivity index is 2.28. The van der Waals surface area contributed by atoms with E-state index in [2.05, 4.69) is 22.4 Å². The molecule has 0 bridgehead atoms. The number of nitrogens with one attached hydrogen (secondary N) is 2. The average Bonchev–Trinajstić information content (AvgIpc) is 2.74. The van der Waals surface area contributed by atoms with Crippen LogP contribution in [0, 0.1) is 10.1 Å². The number of ether oxygens (including phenoxy) is 2. The Morgan fingerprint density at radius 2 is 2.10 bits per heavy atom. The molecule has 8 nitrogen and oxygen atoms in total. The van der Waals surface area contributed by atoms with Gasteiger partial charge in [0.2, 0.25) is 0 Å². The van der Waals surface area contributed by atoms with Crippen molar-refractivity contribution < 1.29 is 14.4 Å². The van der Waals surface area contributed by atoms with Gasteiger partial charge in [0.1, 0.15) is 6.61 Å². The molecule has 0 unspecified atom stereocenters. The lowest BCUT2D eigenvalue weighted by atomic mass is 10.1. The SMILES string of the molecule is C=CCc1cc(/C=N\NC(=S)NCC)cc(OCC)c1OCc1cccc([N+](=O)[O-])c1. The van der Waals surface area contributed by atoms with Crippen molar-refractivity contribution in [1.29, 1.82) is 0 Å². The van der Waals surface area contributed by atoms with Crippen molar-refractivity contribution in [2.75, 3.05) is 13.2 Å². The molecule has 2 N–H and O–H groups in total. The van der Waals surface area contributed by atoms with Crippen molar-refractivity contribution >= 4 is 29.2 Å². The van der Waals surface area contributed by atoms with E-state index < -0.39 is 4.92 Å². The van der Waals surface area contributed by atoms with E-state index in [1.165, 1.54) is 12.1 Å². The van der Waals surface area contributed by atoms with Crippen molar-refractivity contribution in [1.82, 2.24) is 10.7 Å². The third kappa shape index (κ3) is 7.38. The van der Waals surface area contributed by atoms with E-state index >= 15 is 0 Å². The summed E-state index contributed by atoms with van der Waals surface area (Å²) in [5, 5.41) is 18.6. The lowest BCUT2D eigenvalue weighted by molar-refractivity contribution is -0.384. The summed E-state index contributed by atoms with van der Waals surface area (Å²) in [7, 11) is 0. The van der Waals surface area contributed by atoms with Gasteiger partial charge in [-0.05, 0) is 55.7 Å². The third-order valence-corrected chi connectivity index (χ3v) is 4.28. The van der Waals surface area contributed by atoms with Crippen LogP contribution in [0.1, 0.15) is 30.5 Å². The maximum atomic E-state index is 11.0. The average molecular weight is 443 g/mol. The van der Waals surface area contributed by atoms with Gasteiger partial charge in [0.05, 0.1) is 17.7 Å². The first kappa shape index (κ1) is 23.8. The van der Waals surface area contributed by atoms with E-state index in [0.29, 0.717) is 41.7 Å². The highest BCUT2D eigenvalue weighted by Crippen LogP contribution is 2.34. The van der Waals surface area contributed by atoms with Crippen LogP contribution < -0.4 is 20.2 Å². The van der Waals surface area contributed by atoms with E-state index in [4.69, 9.17) is 21.7 Å². The molecule has 9 heteroatoms. The topological polar surface area (TPSA) is 98.0 Å². The predicted molar refractivity (Wildman–Crippen MR) is 126 cm³/mol. The number of rotatable bonds is 11. The summed E-state index contributed by atoms with van der Waals surface area (Å²) in [5.74, 6) is 1.13. The second-order valence-electron chi connectivity index (χ2n) is 6.38. The van der Waals surface area contributed by atoms with Gasteiger partial charge >= 0.3 is 0 Å². The molecule has 0 aliphatic heterocycles. The van der Waals surface area contributed by atoms with Gasteiger partial charge in [0.25, 0.3) is 5.69 Å². The number of hydrazone groups is 1. The highest BCUT2D eigenvalue weighted by molar-refractivity contribution is 7.80. The summed E-state index contributed by atoms with van der Waals surface area (Å²) in [6.45, 7) is 8.96. The van der Waals surface area contributed by atoms with Gasteiger partial charge in [0, 0.05) is 24.2 Å². The van der Waals surface area contributed by atoms with Crippen LogP contribution in [-0.2, 0) is 13.0 Å². The second-order valence-corrected chi connectivity index (χ2v) is 6.79. The highest BCUT2D eigenvalue weighted by atomic mass is 32.1. The zero-order valence-corrected chi connectivity index (χ0v) is 18.4. The van der Waals surface area contributed by atoms with E-state index in [-0.39, 0.29) is 12.3 Å². The van der Waals surface area contributed by atoms with Crippen molar-refractivity contribution in [2.24, 2.45) is 5.10 Å². The first-order valence-corrected chi connectivity index (χ1v) is 10.2. The summed E-state index contributed by atoms with van der Waals surface area (Å²) >= 11 is 5.09. The van der Waals surface area contributed by atoms with E-state index in [9.17, 15) is 10.1 Å². The number of nitrogens with zero attached hydrogens (tertiary/aromatic N) is 2. The summed E-state index contributed by atoms with van der Waals surface area (Å²) in [6, 6.07) is 10.1. The first-order chi connectivity index (χ1) is 15.0. The summed E-state index contributed by atoms with van der Waals surface area (Å²) in [5.41, 5.74) is 5.13. The molecule has 2 aromatic rings. The minimum Gasteiger partial charge on any atom is -0.490 e. The van der Waals surface area contributed by atoms with E-state index in [1.807, 2.05) is 26.0 Å². The molecule has 0 fully saturated rings. The fourth-order valence-electron chi connectivity index (χ4n) is 2.77. The molecule has 164 valence electrons. The Labute approximate surface area is 187 Å². The normalized spacial score (nSPS) is 10.5. The number of hydrogen-bond acceptors (Lipinski definition) is 6. The minimum absolute atomic E-state index is 0.0204. The molecule has 0 saturated heterocycles. The Bertz CT molecular complexity index is 963. The number of nitro groups is 1. The van der Waals surface area contributed by atoms with Crippen molar-refractivity contribution in [3.8, 4) is 11.5 Å². The molecule has 0 aliphatic carbocycles. The Kier molecular flexibility index (Phi) is 9.44. The minimum atomic E-state index is -0.428. The largest absolute Gasteiger partial charge is 0.490 e. The van der Waals surface area contributed by atoms with Crippen LogP contribution in [-0.4, -0.2) is 29.4 Å². The van der Waals surface area contributed by atoms with E-state index in [0.717, 1.165) is 11.1 Å². The number of non-ortho nitro benzene ring substituents is 1. The highest BCUT2D eigenvalue weighted by Gasteiger charge is 2.14. The number of benzene rings is 2. The maximum absolute atomic E-state index is 11.0. The number of allylic oxidation sites excluding steroid dienone is 1. The van der Waals surface area contributed by atoms with Gasteiger partial charge in [-0.3, -0.25) is 15.5 Å². The Morgan fingerprint density at radius 1 is 1.29 bits per heavy atom. The molecule has 0 spiro atoms.